The predicted octanol–water partition coefficient (Wildman–Crippen LogP) is 5.98. The molecule has 2 atom stereocenters. The Morgan fingerprint density at radius 3 is 2.17 bits per heavy atom. The second-order valence-electron chi connectivity index (χ2n) is 7.28. The van der Waals surface area contributed by atoms with Crippen molar-refractivity contribution in [3.05, 3.63) is 24.3 Å². The van der Waals surface area contributed by atoms with Crippen molar-refractivity contribution in [2.75, 3.05) is 20.6 Å². The molecule has 0 aromatic carbocycles. The fourth-order valence-corrected chi connectivity index (χ4v) is 2.68. The number of hydrogen-bond acceptors (Lipinski definition) is 2. The molecule has 0 rings (SSSR count). The highest BCUT2D eigenvalue weighted by molar-refractivity contribution is 5.01. The maximum absolute atomic E-state index is 6.22. The fraction of sp³-hybridized carbons (Fsp3) is 0.810. The van der Waals surface area contributed by atoms with E-state index in [2.05, 4.69) is 52.9 Å². The van der Waals surface area contributed by atoms with Crippen molar-refractivity contribution in [1.29, 1.82) is 0 Å². The molecule has 0 aliphatic carbocycles. The van der Waals surface area contributed by atoms with Gasteiger partial charge in [0.2, 0.25) is 0 Å². The van der Waals surface area contributed by atoms with Crippen LogP contribution < -0.4 is 0 Å². The van der Waals surface area contributed by atoms with Gasteiger partial charge in [0.1, 0.15) is 0 Å². The number of nitrogens with zero attached hydrogens (tertiary/aromatic N) is 1. The molecule has 0 saturated carbocycles. The quantitative estimate of drug-likeness (QED) is 0.271. The third-order valence-electron chi connectivity index (χ3n) is 4.42. The highest BCUT2D eigenvalue weighted by atomic mass is 16.5. The summed E-state index contributed by atoms with van der Waals surface area (Å²) < 4.78 is 6.22. The van der Waals surface area contributed by atoms with E-state index in [-0.39, 0.29) is 6.10 Å². The largest absolute Gasteiger partial charge is 0.371 e. The lowest BCUT2D eigenvalue weighted by molar-refractivity contribution is 0.00863. The van der Waals surface area contributed by atoms with E-state index in [0.717, 1.165) is 31.3 Å². The van der Waals surface area contributed by atoms with Gasteiger partial charge in [-0.3, -0.25) is 0 Å². The molecule has 0 aromatic heterocycles. The summed E-state index contributed by atoms with van der Waals surface area (Å²) in [6.07, 6.45) is 11.4. The lowest BCUT2D eigenvalue weighted by Crippen LogP contribution is -2.21. The summed E-state index contributed by atoms with van der Waals surface area (Å²) >= 11 is 0. The molecule has 0 aliphatic rings. The van der Waals surface area contributed by atoms with E-state index >= 15 is 0 Å². The van der Waals surface area contributed by atoms with Gasteiger partial charge < -0.3 is 9.64 Å². The van der Waals surface area contributed by atoms with Crippen molar-refractivity contribution >= 4 is 0 Å². The molecule has 0 radical (unpaired) electrons. The van der Waals surface area contributed by atoms with Gasteiger partial charge in [0.25, 0.3) is 0 Å². The average Bonchev–Trinajstić information content (AvgIpc) is 2.49. The fourth-order valence-electron chi connectivity index (χ4n) is 2.68. The molecular weight excluding hydrogens is 282 g/mol. The molecule has 0 N–H and O–H groups in total. The number of allylic oxidation sites excluding steroid dienone is 1. The predicted molar refractivity (Wildman–Crippen MR) is 104 cm³/mol. The van der Waals surface area contributed by atoms with Crippen molar-refractivity contribution in [2.45, 2.75) is 90.8 Å². The molecule has 0 saturated heterocycles. The zero-order valence-electron chi connectivity index (χ0n) is 16.5. The minimum absolute atomic E-state index is 0.188. The first-order valence-electron chi connectivity index (χ1n) is 9.49. The van der Waals surface area contributed by atoms with Gasteiger partial charge >= 0.3 is 0 Å². The van der Waals surface area contributed by atoms with Crippen LogP contribution in [0.25, 0.3) is 0 Å². The Labute approximate surface area is 146 Å². The normalized spacial score (nSPS) is 14.0. The molecule has 2 unspecified atom stereocenters. The molecule has 136 valence electrons. The van der Waals surface area contributed by atoms with Crippen molar-refractivity contribution in [2.24, 2.45) is 0 Å². The van der Waals surface area contributed by atoms with Crippen LogP contribution in [0.5, 0.6) is 0 Å². The number of hydrogen-bond donors (Lipinski definition) is 0. The summed E-state index contributed by atoms with van der Waals surface area (Å²) in [6.45, 7) is 15.9. The van der Waals surface area contributed by atoms with Crippen LogP contribution in [0.3, 0.4) is 0 Å². The number of rotatable bonds is 15. The number of ether oxygens (including phenoxy) is 1. The van der Waals surface area contributed by atoms with Gasteiger partial charge in [0, 0.05) is 0 Å². The van der Waals surface area contributed by atoms with Crippen molar-refractivity contribution in [1.82, 2.24) is 4.90 Å². The Bertz CT molecular complexity index is 322. The van der Waals surface area contributed by atoms with E-state index in [1.165, 1.54) is 44.2 Å². The van der Waals surface area contributed by atoms with Crippen LogP contribution in [-0.4, -0.2) is 37.7 Å². The van der Waals surface area contributed by atoms with Crippen LogP contribution >= 0.6 is 0 Å². The molecule has 2 heteroatoms. The number of unbranched alkanes of at least 4 members (excludes halogenated alkanes) is 4. The highest BCUT2D eigenvalue weighted by Gasteiger charge is 2.14. The zero-order valence-corrected chi connectivity index (χ0v) is 16.5. The molecule has 0 aromatic rings. The Balaban J connectivity index is 3.80. The van der Waals surface area contributed by atoms with E-state index in [0.29, 0.717) is 6.10 Å². The second-order valence-corrected chi connectivity index (χ2v) is 7.28. The first-order chi connectivity index (χ1) is 10.9. The Kier molecular flexibility index (Phi) is 13.4. The van der Waals surface area contributed by atoms with E-state index in [4.69, 9.17) is 4.74 Å². The van der Waals surface area contributed by atoms with Crippen molar-refractivity contribution in [3.63, 3.8) is 0 Å². The van der Waals surface area contributed by atoms with Crippen molar-refractivity contribution in [3.8, 4) is 0 Å². The van der Waals surface area contributed by atoms with Crippen LogP contribution in [0.2, 0.25) is 0 Å². The first kappa shape index (κ1) is 22.4. The summed E-state index contributed by atoms with van der Waals surface area (Å²) in [5.41, 5.74) is 2.45. The molecule has 2 nitrogen and oxygen atoms in total. The first-order valence-corrected chi connectivity index (χ1v) is 9.49. The average molecular weight is 324 g/mol. The third-order valence-corrected chi connectivity index (χ3v) is 4.42. The lowest BCUT2D eigenvalue weighted by Gasteiger charge is -2.23. The molecule has 0 bridgehead atoms. The summed E-state index contributed by atoms with van der Waals surface area (Å²) in [5, 5.41) is 0. The van der Waals surface area contributed by atoms with Crippen LogP contribution in [-0.2, 0) is 4.74 Å². The molecular formula is C21H41NO. The van der Waals surface area contributed by atoms with E-state index < -0.39 is 0 Å². The highest BCUT2D eigenvalue weighted by Crippen LogP contribution is 2.19. The molecule has 0 fully saturated rings. The standard InChI is InChI=1S/C21H41NO/c1-8-19(4)15-16-21(18(2)3)23-20(5)14-12-10-9-11-13-17-22(6)7/h20-21H,2,4,8-17H2,1,3,5-7H3. The maximum atomic E-state index is 6.22. The molecule has 0 heterocycles. The van der Waals surface area contributed by atoms with Gasteiger partial charge in [-0.25, -0.2) is 0 Å². The van der Waals surface area contributed by atoms with Crippen LogP contribution in [0.1, 0.15) is 78.6 Å². The van der Waals surface area contributed by atoms with E-state index in [1.807, 2.05) is 0 Å². The van der Waals surface area contributed by atoms with E-state index in [1.54, 1.807) is 0 Å². The van der Waals surface area contributed by atoms with Gasteiger partial charge in [0.05, 0.1) is 12.2 Å². The summed E-state index contributed by atoms with van der Waals surface area (Å²) in [4.78, 5) is 2.26. The van der Waals surface area contributed by atoms with Crippen LogP contribution in [0, 0.1) is 0 Å². The minimum Gasteiger partial charge on any atom is -0.371 e. The Morgan fingerprint density at radius 1 is 1.00 bits per heavy atom. The summed E-state index contributed by atoms with van der Waals surface area (Å²) in [7, 11) is 4.29. The van der Waals surface area contributed by atoms with Crippen molar-refractivity contribution < 1.29 is 4.74 Å². The molecule has 0 aliphatic heterocycles. The monoisotopic (exact) mass is 323 g/mol. The zero-order chi connectivity index (χ0) is 17.7. The molecule has 23 heavy (non-hydrogen) atoms. The lowest BCUT2D eigenvalue weighted by atomic mass is 10.0. The second kappa shape index (κ2) is 13.8. The van der Waals surface area contributed by atoms with Crippen LogP contribution in [0.15, 0.2) is 24.3 Å². The summed E-state index contributed by atoms with van der Waals surface area (Å²) in [5.74, 6) is 0. The van der Waals surface area contributed by atoms with Gasteiger partial charge in [-0.2, -0.15) is 0 Å². The maximum Gasteiger partial charge on any atom is 0.0786 e. The van der Waals surface area contributed by atoms with E-state index in [9.17, 15) is 0 Å². The minimum atomic E-state index is 0.188. The topological polar surface area (TPSA) is 12.5 Å². The van der Waals surface area contributed by atoms with Gasteiger partial charge in [-0.05, 0) is 66.6 Å². The van der Waals surface area contributed by atoms with Gasteiger partial charge in [0.15, 0.2) is 0 Å². The van der Waals surface area contributed by atoms with Gasteiger partial charge in [-0.1, -0.05) is 56.9 Å². The Morgan fingerprint density at radius 2 is 1.61 bits per heavy atom. The summed E-state index contributed by atoms with van der Waals surface area (Å²) in [6, 6.07) is 0. The SMILES string of the molecule is C=C(CC)CCC(OC(C)CCCCCCCN(C)C)C(=C)C. The van der Waals surface area contributed by atoms with Crippen LogP contribution in [0.4, 0.5) is 0 Å². The molecule has 0 amide bonds. The molecule has 0 spiro atoms. The Hall–Kier alpha value is -0.600. The van der Waals surface area contributed by atoms with Gasteiger partial charge in [-0.15, -0.1) is 0 Å². The smallest absolute Gasteiger partial charge is 0.0786 e. The third kappa shape index (κ3) is 13.5.